The van der Waals surface area contributed by atoms with Crippen LogP contribution in [0.25, 0.3) is 0 Å². The van der Waals surface area contributed by atoms with Crippen molar-refractivity contribution in [2.75, 3.05) is 10.8 Å². The molecule has 4 aromatic rings. The molecule has 4 rings (SSSR count). The number of halogens is 4. The third-order valence-corrected chi connectivity index (χ3v) is 9.80. The molecule has 0 unspecified atom stereocenters. The largest absolute Gasteiger partial charge is 0.416 e. The van der Waals surface area contributed by atoms with Crippen molar-refractivity contribution in [2.24, 2.45) is 0 Å². The number of alkyl halides is 3. The number of nitrogens with zero attached hydrogens (tertiary/aromatic N) is 2. The fourth-order valence-corrected chi connectivity index (χ4v) is 6.51. The van der Waals surface area contributed by atoms with E-state index in [1.165, 1.54) is 35.2 Å². The number of hydrogen-bond donors (Lipinski definition) is 1. The van der Waals surface area contributed by atoms with Crippen molar-refractivity contribution in [3.8, 4) is 0 Å². The summed E-state index contributed by atoms with van der Waals surface area (Å²) in [5.74, 6) is -1.29. The number of sulfonamides is 1. The first-order chi connectivity index (χ1) is 22.3. The van der Waals surface area contributed by atoms with E-state index >= 15 is 0 Å². The second-order valence-corrected chi connectivity index (χ2v) is 13.3. The van der Waals surface area contributed by atoms with Gasteiger partial charge in [-0.05, 0) is 60.9 Å². The topological polar surface area (TPSA) is 86.8 Å². The smallest absolute Gasteiger partial charge is 0.352 e. The van der Waals surface area contributed by atoms with Crippen LogP contribution in [0, 0.1) is 0 Å². The molecule has 0 spiro atoms. The molecule has 7 nitrogen and oxygen atoms in total. The van der Waals surface area contributed by atoms with Gasteiger partial charge in [0.15, 0.2) is 0 Å². The predicted octanol–water partition coefficient (Wildman–Crippen LogP) is 7.11. The highest BCUT2D eigenvalue weighted by Gasteiger charge is 2.36. The van der Waals surface area contributed by atoms with Crippen molar-refractivity contribution in [3.05, 3.63) is 131 Å². The highest BCUT2D eigenvalue weighted by molar-refractivity contribution is 7.92. The summed E-state index contributed by atoms with van der Waals surface area (Å²) in [7, 11) is -4.56. The molecule has 0 bridgehead atoms. The number of carbonyl (C=O) groups is 2. The lowest BCUT2D eigenvalue weighted by molar-refractivity contribution is -0.140. The van der Waals surface area contributed by atoms with E-state index in [1.807, 2.05) is 19.9 Å². The lowest BCUT2D eigenvalue weighted by atomic mass is 10.0. The maximum atomic E-state index is 14.5. The van der Waals surface area contributed by atoms with Gasteiger partial charge in [-0.15, -0.1) is 0 Å². The number of anilines is 1. The molecule has 0 aliphatic carbocycles. The van der Waals surface area contributed by atoms with E-state index in [2.05, 4.69) is 5.32 Å². The molecule has 0 fully saturated rings. The number of carbonyl (C=O) groups excluding carboxylic acids is 2. The third-order valence-electron chi connectivity index (χ3n) is 7.64. The molecular weight excluding hydrogens is 651 g/mol. The third kappa shape index (κ3) is 9.14. The summed E-state index contributed by atoms with van der Waals surface area (Å²) in [4.78, 5) is 29.4. The standard InChI is InChI=1S/C35H35ClF3N3O4S/c1-3-25(2)40-34(44)32(21-26-13-6-4-7-14-26)41(23-27-15-10-11-20-31(27)36)33(43)24-42(47(45,46)30-18-8-5-9-19-30)29-17-12-16-28(22-29)35(37,38)39/h4-20,22,25,32H,3,21,23-24H2,1-2H3,(H,40,44)/t25-,32-/m0/s1. The molecule has 12 heteroatoms. The summed E-state index contributed by atoms with van der Waals surface area (Å²) >= 11 is 6.49. The average Bonchev–Trinajstić information content (AvgIpc) is 3.06. The molecule has 0 aliphatic heterocycles. The van der Waals surface area contributed by atoms with Gasteiger partial charge in [-0.1, -0.05) is 91.3 Å². The first kappa shape index (κ1) is 35.5. The zero-order chi connectivity index (χ0) is 34.2. The lowest BCUT2D eigenvalue weighted by Crippen LogP contribution is -2.54. The quantitative estimate of drug-likeness (QED) is 0.163. The van der Waals surface area contributed by atoms with E-state index in [9.17, 15) is 31.2 Å². The molecule has 2 atom stereocenters. The minimum atomic E-state index is -4.77. The maximum absolute atomic E-state index is 14.5. The number of hydrogen-bond acceptors (Lipinski definition) is 4. The number of rotatable bonds is 13. The average molecular weight is 686 g/mol. The monoisotopic (exact) mass is 685 g/mol. The van der Waals surface area contributed by atoms with Crippen molar-refractivity contribution < 1.29 is 31.2 Å². The van der Waals surface area contributed by atoms with Crippen LogP contribution in [0.5, 0.6) is 0 Å². The summed E-state index contributed by atoms with van der Waals surface area (Å²) in [6, 6.07) is 25.2. The molecule has 248 valence electrons. The number of nitrogens with one attached hydrogen (secondary N) is 1. The van der Waals surface area contributed by atoms with Gasteiger partial charge in [0.1, 0.15) is 12.6 Å². The summed E-state index contributed by atoms with van der Waals surface area (Å²) in [5.41, 5.74) is -0.217. The molecule has 0 saturated heterocycles. The molecule has 1 N–H and O–H groups in total. The molecule has 4 aromatic carbocycles. The molecule has 0 aromatic heterocycles. The summed E-state index contributed by atoms with van der Waals surface area (Å²) in [6.07, 6.45) is -4.08. The van der Waals surface area contributed by atoms with Gasteiger partial charge in [0.2, 0.25) is 11.8 Å². The van der Waals surface area contributed by atoms with E-state index in [-0.39, 0.29) is 29.6 Å². The predicted molar refractivity (Wildman–Crippen MR) is 176 cm³/mol. The molecule has 47 heavy (non-hydrogen) atoms. The second kappa shape index (κ2) is 15.5. The Bertz CT molecular complexity index is 1770. The van der Waals surface area contributed by atoms with Crippen LogP contribution >= 0.6 is 11.6 Å². The van der Waals surface area contributed by atoms with Gasteiger partial charge in [0.25, 0.3) is 10.0 Å². The van der Waals surface area contributed by atoms with Crippen LogP contribution < -0.4 is 9.62 Å². The van der Waals surface area contributed by atoms with E-state index in [0.717, 1.165) is 17.7 Å². The fourth-order valence-electron chi connectivity index (χ4n) is 4.89. The van der Waals surface area contributed by atoms with E-state index < -0.39 is 46.2 Å². The van der Waals surface area contributed by atoms with Gasteiger partial charge in [0.05, 0.1) is 16.1 Å². The summed E-state index contributed by atoms with van der Waals surface area (Å²) in [5, 5.41) is 3.25. The minimum Gasteiger partial charge on any atom is -0.352 e. The van der Waals surface area contributed by atoms with Crippen LogP contribution in [-0.4, -0.2) is 43.8 Å². The number of benzene rings is 4. The highest BCUT2D eigenvalue weighted by Crippen LogP contribution is 2.33. The molecule has 0 heterocycles. The Morgan fingerprint density at radius 2 is 1.49 bits per heavy atom. The van der Waals surface area contributed by atoms with Gasteiger partial charge in [-0.3, -0.25) is 13.9 Å². The Labute approximate surface area is 278 Å². The van der Waals surface area contributed by atoms with Crippen LogP contribution in [-0.2, 0) is 38.8 Å². The van der Waals surface area contributed by atoms with E-state index in [4.69, 9.17) is 11.6 Å². The maximum Gasteiger partial charge on any atom is 0.416 e. The minimum absolute atomic E-state index is 0.0777. The fraction of sp³-hybridized carbons (Fsp3) is 0.257. The Morgan fingerprint density at radius 3 is 2.11 bits per heavy atom. The second-order valence-electron chi connectivity index (χ2n) is 11.0. The first-order valence-electron chi connectivity index (χ1n) is 14.9. The van der Waals surface area contributed by atoms with Crippen molar-refractivity contribution in [2.45, 2.75) is 56.4 Å². The Hall–Kier alpha value is -4.35. The van der Waals surface area contributed by atoms with Gasteiger partial charge in [-0.25, -0.2) is 8.42 Å². The van der Waals surface area contributed by atoms with Crippen molar-refractivity contribution in [3.63, 3.8) is 0 Å². The zero-order valence-electron chi connectivity index (χ0n) is 25.8. The molecule has 2 amide bonds. The van der Waals surface area contributed by atoms with Gasteiger partial charge in [0, 0.05) is 24.0 Å². The molecule has 0 aliphatic rings. The summed E-state index contributed by atoms with van der Waals surface area (Å²) < 4.78 is 69.9. The van der Waals surface area contributed by atoms with Crippen LogP contribution in [0.1, 0.15) is 37.0 Å². The zero-order valence-corrected chi connectivity index (χ0v) is 27.4. The number of amides is 2. The molecule has 0 saturated carbocycles. The lowest BCUT2D eigenvalue weighted by Gasteiger charge is -2.34. The van der Waals surface area contributed by atoms with Gasteiger partial charge < -0.3 is 10.2 Å². The van der Waals surface area contributed by atoms with Crippen LogP contribution in [0.2, 0.25) is 5.02 Å². The van der Waals surface area contributed by atoms with Crippen LogP contribution in [0.4, 0.5) is 18.9 Å². The summed E-state index contributed by atoms with van der Waals surface area (Å²) in [6.45, 7) is 2.64. The Balaban J connectivity index is 1.85. The SMILES string of the molecule is CC[C@H](C)NC(=O)[C@H](Cc1ccccc1)N(Cc1ccccc1Cl)C(=O)CN(c1cccc(C(F)(F)F)c1)S(=O)(=O)c1ccccc1. The first-order valence-corrected chi connectivity index (χ1v) is 16.7. The Kier molecular flexibility index (Phi) is 11.7. The van der Waals surface area contributed by atoms with Crippen molar-refractivity contribution >= 4 is 39.1 Å². The van der Waals surface area contributed by atoms with Crippen LogP contribution in [0.3, 0.4) is 0 Å². The molecule has 0 radical (unpaired) electrons. The van der Waals surface area contributed by atoms with Crippen molar-refractivity contribution in [1.29, 1.82) is 0 Å². The van der Waals surface area contributed by atoms with E-state index in [0.29, 0.717) is 27.4 Å². The van der Waals surface area contributed by atoms with Crippen LogP contribution in [0.15, 0.2) is 114 Å². The van der Waals surface area contributed by atoms with E-state index in [1.54, 1.807) is 54.6 Å². The van der Waals surface area contributed by atoms with Crippen molar-refractivity contribution in [1.82, 2.24) is 10.2 Å². The van der Waals surface area contributed by atoms with Gasteiger partial charge >= 0.3 is 6.18 Å². The normalized spacial score (nSPS) is 13.0. The van der Waals surface area contributed by atoms with Gasteiger partial charge in [-0.2, -0.15) is 13.2 Å². The highest BCUT2D eigenvalue weighted by atomic mass is 35.5. The molecular formula is C35H35ClF3N3O4S. The Morgan fingerprint density at radius 1 is 0.872 bits per heavy atom.